The minimum Gasteiger partial charge on any atom is -0.494 e. The Kier molecular flexibility index (Phi) is 4.43. The smallest absolute Gasteiger partial charge is 0.119 e. The van der Waals surface area contributed by atoms with Crippen LogP contribution in [0.3, 0.4) is 0 Å². The largest absolute Gasteiger partial charge is 0.494 e. The highest BCUT2D eigenvalue weighted by Crippen LogP contribution is 2.19. The monoisotopic (exact) mass is 194 g/mol. The van der Waals surface area contributed by atoms with Crippen LogP contribution in [0.2, 0.25) is 0 Å². The number of nitrogens with two attached hydrogens (primary N) is 1. The van der Waals surface area contributed by atoms with Gasteiger partial charge in [-0.25, -0.2) is 0 Å². The molecule has 0 aromatic heterocycles. The first-order chi connectivity index (χ1) is 6.81. The van der Waals surface area contributed by atoms with Crippen LogP contribution in [0.5, 0.6) is 5.75 Å². The van der Waals surface area contributed by atoms with Crippen LogP contribution >= 0.6 is 0 Å². The van der Waals surface area contributed by atoms with Gasteiger partial charge in [0, 0.05) is 6.04 Å². The van der Waals surface area contributed by atoms with E-state index in [1.54, 1.807) is 0 Å². The van der Waals surface area contributed by atoms with Crippen molar-refractivity contribution in [2.24, 2.45) is 5.84 Å². The molecule has 0 spiro atoms. The third-order valence-electron chi connectivity index (χ3n) is 2.20. The molecule has 3 nitrogen and oxygen atoms in total. The van der Waals surface area contributed by atoms with E-state index >= 15 is 0 Å². The summed E-state index contributed by atoms with van der Waals surface area (Å²) in [5.41, 5.74) is 3.97. The molecule has 1 atom stereocenters. The predicted octanol–water partition coefficient (Wildman–Crippen LogP) is 2.00. The van der Waals surface area contributed by atoms with E-state index in [2.05, 4.69) is 12.3 Å². The Bertz CT molecular complexity index is 254. The van der Waals surface area contributed by atoms with Crippen molar-refractivity contribution >= 4 is 0 Å². The maximum atomic E-state index is 5.43. The Morgan fingerprint density at radius 2 is 1.93 bits per heavy atom. The van der Waals surface area contributed by atoms with Crippen molar-refractivity contribution < 1.29 is 4.74 Å². The first-order valence-corrected chi connectivity index (χ1v) is 5.00. The van der Waals surface area contributed by atoms with Crippen LogP contribution in [-0.4, -0.2) is 6.61 Å². The molecular weight excluding hydrogens is 176 g/mol. The third kappa shape index (κ3) is 2.72. The van der Waals surface area contributed by atoms with Gasteiger partial charge < -0.3 is 4.74 Å². The fourth-order valence-electron chi connectivity index (χ4n) is 1.41. The summed E-state index contributed by atoms with van der Waals surface area (Å²) in [5, 5.41) is 0. The third-order valence-corrected chi connectivity index (χ3v) is 2.20. The van der Waals surface area contributed by atoms with E-state index in [0.29, 0.717) is 6.61 Å². The van der Waals surface area contributed by atoms with Crippen molar-refractivity contribution in [3.63, 3.8) is 0 Å². The fraction of sp³-hybridized carbons (Fsp3) is 0.455. The highest BCUT2D eigenvalue weighted by molar-refractivity contribution is 5.29. The maximum Gasteiger partial charge on any atom is 0.119 e. The molecule has 1 aromatic rings. The van der Waals surface area contributed by atoms with E-state index in [0.717, 1.165) is 12.2 Å². The zero-order valence-electron chi connectivity index (χ0n) is 8.79. The maximum absolute atomic E-state index is 5.43. The Labute approximate surface area is 85.2 Å². The summed E-state index contributed by atoms with van der Waals surface area (Å²) >= 11 is 0. The van der Waals surface area contributed by atoms with Crippen LogP contribution in [-0.2, 0) is 0 Å². The molecule has 0 radical (unpaired) electrons. The van der Waals surface area contributed by atoms with Crippen molar-refractivity contribution in [3.8, 4) is 5.75 Å². The SMILES string of the molecule is CCOc1ccc([C@@H](CC)NN)cc1. The van der Waals surface area contributed by atoms with Crippen molar-refractivity contribution in [1.82, 2.24) is 5.43 Å². The quantitative estimate of drug-likeness (QED) is 0.556. The molecule has 78 valence electrons. The van der Waals surface area contributed by atoms with Gasteiger partial charge in [-0.1, -0.05) is 19.1 Å². The molecule has 0 saturated carbocycles. The molecule has 0 amide bonds. The summed E-state index contributed by atoms with van der Waals surface area (Å²) in [5.74, 6) is 6.34. The van der Waals surface area contributed by atoms with Gasteiger partial charge in [0.1, 0.15) is 5.75 Å². The number of ether oxygens (including phenoxy) is 1. The summed E-state index contributed by atoms with van der Waals surface area (Å²) in [6.45, 7) is 4.77. The number of rotatable bonds is 5. The summed E-state index contributed by atoms with van der Waals surface area (Å²) < 4.78 is 5.36. The Balaban J connectivity index is 2.71. The van der Waals surface area contributed by atoms with Crippen molar-refractivity contribution in [3.05, 3.63) is 29.8 Å². The number of hydrogen-bond donors (Lipinski definition) is 2. The molecule has 0 aliphatic carbocycles. The summed E-state index contributed by atoms with van der Waals surface area (Å²) in [7, 11) is 0. The van der Waals surface area contributed by atoms with Gasteiger partial charge in [-0.2, -0.15) is 0 Å². The first kappa shape index (κ1) is 11.0. The molecular formula is C11H18N2O. The Morgan fingerprint density at radius 1 is 1.29 bits per heavy atom. The Morgan fingerprint density at radius 3 is 2.36 bits per heavy atom. The van der Waals surface area contributed by atoms with Gasteiger partial charge >= 0.3 is 0 Å². The van der Waals surface area contributed by atoms with Crippen LogP contribution in [0.4, 0.5) is 0 Å². The van der Waals surface area contributed by atoms with Gasteiger partial charge in [-0.3, -0.25) is 11.3 Å². The van der Waals surface area contributed by atoms with Gasteiger partial charge in [-0.15, -0.1) is 0 Å². The molecule has 0 aliphatic rings. The van der Waals surface area contributed by atoms with Crippen LogP contribution in [0.25, 0.3) is 0 Å². The lowest BCUT2D eigenvalue weighted by Gasteiger charge is -2.14. The van der Waals surface area contributed by atoms with E-state index in [-0.39, 0.29) is 6.04 Å². The molecule has 0 aliphatic heterocycles. The minimum atomic E-state index is 0.227. The summed E-state index contributed by atoms with van der Waals surface area (Å²) in [4.78, 5) is 0. The number of benzene rings is 1. The molecule has 3 N–H and O–H groups in total. The zero-order valence-corrected chi connectivity index (χ0v) is 8.79. The molecule has 0 unspecified atom stereocenters. The van der Waals surface area contributed by atoms with E-state index in [4.69, 9.17) is 10.6 Å². The van der Waals surface area contributed by atoms with Gasteiger partial charge in [0.25, 0.3) is 0 Å². The second kappa shape index (κ2) is 5.62. The number of nitrogens with one attached hydrogen (secondary N) is 1. The number of hydrazine groups is 1. The van der Waals surface area contributed by atoms with Crippen molar-refractivity contribution in [2.75, 3.05) is 6.61 Å². The summed E-state index contributed by atoms with van der Waals surface area (Å²) in [6.07, 6.45) is 0.977. The first-order valence-electron chi connectivity index (χ1n) is 5.00. The average Bonchev–Trinajstić information content (AvgIpc) is 2.23. The van der Waals surface area contributed by atoms with Gasteiger partial charge in [0.05, 0.1) is 6.61 Å². The van der Waals surface area contributed by atoms with Crippen molar-refractivity contribution in [1.29, 1.82) is 0 Å². The molecule has 14 heavy (non-hydrogen) atoms. The second-order valence-electron chi connectivity index (χ2n) is 3.13. The normalized spacial score (nSPS) is 12.5. The molecule has 1 rings (SSSR count). The van der Waals surface area contributed by atoms with Gasteiger partial charge in [-0.05, 0) is 31.0 Å². The number of hydrogen-bond acceptors (Lipinski definition) is 3. The highest BCUT2D eigenvalue weighted by Gasteiger charge is 2.05. The predicted molar refractivity (Wildman–Crippen MR) is 58.0 cm³/mol. The average molecular weight is 194 g/mol. The minimum absolute atomic E-state index is 0.227. The molecule has 0 saturated heterocycles. The second-order valence-corrected chi connectivity index (χ2v) is 3.13. The lowest BCUT2D eigenvalue weighted by molar-refractivity contribution is 0.340. The van der Waals surface area contributed by atoms with E-state index < -0.39 is 0 Å². The summed E-state index contributed by atoms with van der Waals surface area (Å²) in [6, 6.07) is 8.25. The highest BCUT2D eigenvalue weighted by atomic mass is 16.5. The fourth-order valence-corrected chi connectivity index (χ4v) is 1.41. The standard InChI is InChI=1S/C11H18N2O/c1-3-11(13-12)9-5-7-10(8-6-9)14-4-2/h5-8,11,13H,3-4,12H2,1-2H3/t11-/m1/s1. The van der Waals surface area contributed by atoms with Crippen LogP contribution in [0, 0.1) is 0 Å². The molecule has 1 aromatic carbocycles. The zero-order chi connectivity index (χ0) is 10.4. The molecule has 3 heteroatoms. The van der Waals surface area contributed by atoms with Crippen LogP contribution in [0.15, 0.2) is 24.3 Å². The van der Waals surface area contributed by atoms with E-state index in [1.807, 2.05) is 31.2 Å². The van der Waals surface area contributed by atoms with Crippen LogP contribution < -0.4 is 16.0 Å². The van der Waals surface area contributed by atoms with Crippen LogP contribution in [0.1, 0.15) is 31.9 Å². The van der Waals surface area contributed by atoms with E-state index in [1.165, 1.54) is 5.56 Å². The van der Waals surface area contributed by atoms with E-state index in [9.17, 15) is 0 Å². The topological polar surface area (TPSA) is 47.3 Å². The molecule has 0 bridgehead atoms. The van der Waals surface area contributed by atoms with Gasteiger partial charge in [0.2, 0.25) is 0 Å². The van der Waals surface area contributed by atoms with Gasteiger partial charge in [0.15, 0.2) is 0 Å². The lowest BCUT2D eigenvalue weighted by atomic mass is 10.1. The lowest BCUT2D eigenvalue weighted by Crippen LogP contribution is -2.27. The Hall–Kier alpha value is -1.06. The molecule has 0 heterocycles. The molecule has 0 fully saturated rings. The van der Waals surface area contributed by atoms with Crippen molar-refractivity contribution in [2.45, 2.75) is 26.3 Å².